The molecule has 0 aromatic heterocycles. The molecule has 2 N–H and O–H groups in total. The Morgan fingerprint density at radius 1 is 1.27 bits per heavy atom. The third-order valence-electron chi connectivity index (χ3n) is 5.70. The first-order valence-corrected chi connectivity index (χ1v) is 12.6. The number of benzene rings is 2. The quantitative estimate of drug-likeness (QED) is 0.610. The number of nitrogens with zero attached hydrogens (tertiary/aromatic N) is 1. The lowest BCUT2D eigenvalue weighted by Gasteiger charge is -2.32. The van der Waals surface area contributed by atoms with Crippen LogP contribution in [0.3, 0.4) is 0 Å². The van der Waals surface area contributed by atoms with Crippen LogP contribution in [0, 0.1) is 5.82 Å². The molecule has 2 aromatic rings. The van der Waals surface area contributed by atoms with Crippen LogP contribution in [0.25, 0.3) is 11.1 Å². The third-order valence-corrected chi connectivity index (χ3v) is 7.33. The molecule has 10 heteroatoms. The topological polar surface area (TPSA) is 86.7 Å². The van der Waals surface area contributed by atoms with E-state index >= 15 is 4.39 Å². The van der Waals surface area contributed by atoms with Gasteiger partial charge in [0.25, 0.3) is 5.91 Å². The van der Waals surface area contributed by atoms with E-state index in [9.17, 15) is 22.7 Å². The molecule has 1 heterocycles. The molecule has 3 atom stereocenters. The summed E-state index contributed by atoms with van der Waals surface area (Å²) in [6.07, 6.45) is -1.87. The molecular formula is C23H27ClF2N2O4S. The molecule has 0 saturated carbocycles. The molecule has 0 radical (unpaired) electrons. The Labute approximate surface area is 197 Å². The second kappa shape index (κ2) is 9.66. The maximum atomic E-state index is 15.5. The van der Waals surface area contributed by atoms with E-state index in [1.54, 1.807) is 36.4 Å². The summed E-state index contributed by atoms with van der Waals surface area (Å²) < 4.78 is 57.2. The second-order valence-corrected chi connectivity index (χ2v) is 11.1. The number of amides is 1. The first kappa shape index (κ1) is 25.6. The van der Waals surface area contributed by atoms with Gasteiger partial charge in [0.2, 0.25) is 10.0 Å². The smallest absolute Gasteiger partial charge is 0.254 e. The molecule has 1 aliphatic rings. The number of carbonyl (C=O) groups is 1. The highest BCUT2D eigenvalue weighted by molar-refractivity contribution is 7.89. The monoisotopic (exact) mass is 500 g/mol. The van der Waals surface area contributed by atoms with E-state index in [-0.39, 0.29) is 23.3 Å². The van der Waals surface area contributed by atoms with Crippen LogP contribution in [-0.4, -0.2) is 60.5 Å². The Bertz CT molecular complexity index is 1140. The summed E-state index contributed by atoms with van der Waals surface area (Å²) in [5.41, 5.74) is -0.807. The number of aliphatic hydroxyl groups is 1. The molecule has 180 valence electrons. The van der Waals surface area contributed by atoms with E-state index in [1.165, 1.54) is 26.8 Å². The van der Waals surface area contributed by atoms with Crippen molar-refractivity contribution in [1.82, 2.24) is 9.62 Å². The standard InChI is InChI=1S/C23H27ClF2N2O4S/c1-4-33(31,32)27-21-18(25)13-28(22(29)23(2,3)30)19(21)12-15-8-6-10-17(20(15)26)14-7-5-9-16(24)11-14/h5-11,18-19,21,27,30H,4,12-13H2,1-3H3/t18-,19-,21+/m0/s1. The van der Waals surface area contributed by atoms with Gasteiger partial charge in [-0.15, -0.1) is 0 Å². The third kappa shape index (κ3) is 5.71. The molecule has 0 spiro atoms. The zero-order chi connectivity index (χ0) is 24.6. The van der Waals surface area contributed by atoms with Crippen molar-refractivity contribution < 1.29 is 27.1 Å². The fourth-order valence-corrected chi connectivity index (χ4v) is 5.06. The molecule has 3 rings (SSSR count). The maximum Gasteiger partial charge on any atom is 0.254 e. The number of rotatable bonds is 7. The van der Waals surface area contributed by atoms with E-state index in [4.69, 9.17) is 11.6 Å². The van der Waals surface area contributed by atoms with E-state index in [1.807, 2.05) is 0 Å². The predicted molar refractivity (Wildman–Crippen MR) is 124 cm³/mol. The van der Waals surface area contributed by atoms with Gasteiger partial charge in [-0.05, 0) is 50.5 Å². The summed E-state index contributed by atoms with van der Waals surface area (Å²) in [6, 6.07) is 9.05. The summed E-state index contributed by atoms with van der Waals surface area (Å²) in [5.74, 6) is -1.62. The second-order valence-electron chi connectivity index (χ2n) is 8.64. The number of halogens is 3. The summed E-state index contributed by atoms with van der Waals surface area (Å²) in [6.45, 7) is 3.53. The highest BCUT2D eigenvalue weighted by Gasteiger charge is 2.48. The Balaban J connectivity index is 2.02. The number of hydrogen-bond donors (Lipinski definition) is 2. The summed E-state index contributed by atoms with van der Waals surface area (Å²) in [4.78, 5) is 13.9. The molecule has 0 aliphatic carbocycles. The lowest BCUT2D eigenvalue weighted by atomic mass is 9.95. The van der Waals surface area contributed by atoms with Gasteiger partial charge in [0.1, 0.15) is 17.6 Å². The van der Waals surface area contributed by atoms with Crippen molar-refractivity contribution in [1.29, 1.82) is 0 Å². The molecular weight excluding hydrogens is 474 g/mol. The van der Waals surface area contributed by atoms with Gasteiger partial charge in [-0.2, -0.15) is 0 Å². The van der Waals surface area contributed by atoms with Gasteiger partial charge in [-0.25, -0.2) is 21.9 Å². The average Bonchev–Trinajstić information content (AvgIpc) is 3.03. The van der Waals surface area contributed by atoms with Gasteiger partial charge in [-0.3, -0.25) is 4.79 Å². The minimum atomic E-state index is -3.81. The zero-order valence-electron chi connectivity index (χ0n) is 18.6. The van der Waals surface area contributed by atoms with Crippen LogP contribution in [0.5, 0.6) is 0 Å². The van der Waals surface area contributed by atoms with Gasteiger partial charge in [0.15, 0.2) is 0 Å². The minimum Gasteiger partial charge on any atom is -0.381 e. The minimum absolute atomic E-state index is 0.153. The number of likely N-dealkylation sites (tertiary alicyclic amines) is 1. The summed E-state index contributed by atoms with van der Waals surface area (Å²) in [5, 5.41) is 10.7. The largest absolute Gasteiger partial charge is 0.381 e. The average molecular weight is 501 g/mol. The van der Waals surface area contributed by atoms with Crippen LogP contribution >= 0.6 is 11.6 Å². The van der Waals surface area contributed by atoms with Gasteiger partial charge >= 0.3 is 0 Å². The summed E-state index contributed by atoms with van der Waals surface area (Å²) in [7, 11) is -3.81. The van der Waals surface area contributed by atoms with Gasteiger partial charge in [-0.1, -0.05) is 41.9 Å². The first-order chi connectivity index (χ1) is 15.3. The normalized spacial score (nSPS) is 21.4. The van der Waals surface area contributed by atoms with Crippen LogP contribution < -0.4 is 4.72 Å². The van der Waals surface area contributed by atoms with Crippen molar-refractivity contribution >= 4 is 27.5 Å². The SMILES string of the molecule is CCS(=O)(=O)N[C@@H]1[C@@H](F)CN(C(=O)C(C)(C)O)[C@H]1Cc1cccc(-c2cccc(Cl)c2)c1F. The molecule has 0 unspecified atom stereocenters. The fourth-order valence-electron chi connectivity index (χ4n) is 3.98. The van der Waals surface area contributed by atoms with Gasteiger partial charge in [0.05, 0.1) is 24.4 Å². The highest BCUT2D eigenvalue weighted by Crippen LogP contribution is 2.32. The van der Waals surface area contributed by atoms with Crippen molar-refractivity contribution in [3.05, 3.63) is 58.9 Å². The Hall–Kier alpha value is -2.07. The van der Waals surface area contributed by atoms with Crippen LogP contribution in [0.15, 0.2) is 42.5 Å². The van der Waals surface area contributed by atoms with E-state index in [0.717, 1.165) is 4.90 Å². The number of sulfonamides is 1. The maximum absolute atomic E-state index is 15.5. The molecule has 1 amide bonds. The van der Waals surface area contributed by atoms with Crippen LogP contribution in [-0.2, 0) is 21.2 Å². The van der Waals surface area contributed by atoms with Crippen molar-refractivity contribution in [2.75, 3.05) is 12.3 Å². The van der Waals surface area contributed by atoms with Crippen LogP contribution in [0.2, 0.25) is 5.02 Å². The lowest BCUT2D eigenvalue weighted by molar-refractivity contribution is -0.149. The molecule has 2 aromatic carbocycles. The molecule has 6 nitrogen and oxygen atoms in total. The fraction of sp³-hybridized carbons (Fsp3) is 0.435. The first-order valence-electron chi connectivity index (χ1n) is 10.5. The van der Waals surface area contributed by atoms with Crippen molar-refractivity contribution in [3.8, 4) is 11.1 Å². The molecule has 33 heavy (non-hydrogen) atoms. The molecule has 0 bridgehead atoms. The molecule has 1 saturated heterocycles. The van der Waals surface area contributed by atoms with Crippen molar-refractivity contribution in [3.63, 3.8) is 0 Å². The number of nitrogens with one attached hydrogen (secondary N) is 1. The van der Waals surface area contributed by atoms with Crippen LogP contribution in [0.4, 0.5) is 8.78 Å². The highest BCUT2D eigenvalue weighted by atomic mass is 35.5. The Kier molecular flexibility index (Phi) is 7.48. The Morgan fingerprint density at radius 3 is 2.55 bits per heavy atom. The lowest BCUT2D eigenvalue weighted by Crippen LogP contribution is -2.53. The zero-order valence-corrected chi connectivity index (χ0v) is 20.1. The van der Waals surface area contributed by atoms with Gasteiger partial charge < -0.3 is 10.0 Å². The number of alkyl halides is 1. The molecule has 1 aliphatic heterocycles. The van der Waals surface area contributed by atoms with Gasteiger partial charge in [0, 0.05) is 10.6 Å². The molecule has 1 fully saturated rings. The van der Waals surface area contributed by atoms with Crippen molar-refractivity contribution in [2.45, 2.75) is 51.0 Å². The number of hydrogen-bond acceptors (Lipinski definition) is 4. The Morgan fingerprint density at radius 2 is 1.94 bits per heavy atom. The van der Waals surface area contributed by atoms with Crippen LogP contribution in [0.1, 0.15) is 26.3 Å². The predicted octanol–water partition coefficient (Wildman–Crippen LogP) is 3.32. The summed E-state index contributed by atoms with van der Waals surface area (Å²) >= 11 is 6.03. The number of carbonyl (C=O) groups excluding carboxylic acids is 1. The van der Waals surface area contributed by atoms with E-state index in [2.05, 4.69) is 4.72 Å². The van der Waals surface area contributed by atoms with E-state index < -0.39 is 52.1 Å². The van der Waals surface area contributed by atoms with Crippen molar-refractivity contribution in [2.24, 2.45) is 0 Å². The van der Waals surface area contributed by atoms with E-state index in [0.29, 0.717) is 10.6 Å².